The number of carbonyl (C=O) groups excluding carboxylic acids is 1. The van der Waals surface area contributed by atoms with Crippen molar-refractivity contribution in [2.24, 2.45) is 0 Å². The molecule has 0 aromatic heterocycles. The second kappa shape index (κ2) is 8.93. The maximum absolute atomic E-state index is 13.3. The standard InChI is InChI=1S/C23H19FN2O5/c24-17-8-6-16(7-9-17)22-15-25(12-13-30-22)23(27)20-14-18(26(28)29)10-11-21(20)31-19-4-2-1-3-5-19/h1-11,14,22H,12-13,15H2. The van der Waals surface area contributed by atoms with E-state index < -0.39 is 16.9 Å². The van der Waals surface area contributed by atoms with Gasteiger partial charge >= 0.3 is 0 Å². The minimum atomic E-state index is -0.552. The number of ether oxygens (including phenoxy) is 2. The molecule has 8 heteroatoms. The highest BCUT2D eigenvalue weighted by atomic mass is 19.1. The summed E-state index contributed by atoms with van der Waals surface area (Å²) < 4.78 is 24.8. The number of halogens is 1. The van der Waals surface area contributed by atoms with E-state index in [0.717, 1.165) is 5.56 Å². The fraction of sp³-hybridized carbons (Fsp3) is 0.174. The van der Waals surface area contributed by atoms with Crippen LogP contribution in [0.15, 0.2) is 72.8 Å². The van der Waals surface area contributed by atoms with Crippen LogP contribution >= 0.6 is 0 Å². The molecule has 31 heavy (non-hydrogen) atoms. The zero-order valence-corrected chi connectivity index (χ0v) is 16.4. The van der Waals surface area contributed by atoms with Gasteiger partial charge in [-0.2, -0.15) is 0 Å². The van der Waals surface area contributed by atoms with Crippen molar-refractivity contribution >= 4 is 11.6 Å². The van der Waals surface area contributed by atoms with Gasteiger partial charge in [-0.25, -0.2) is 4.39 Å². The van der Waals surface area contributed by atoms with Crippen LogP contribution in [0.5, 0.6) is 11.5 Å². The highest BCUT2D eigenvalue weighted by Crippen LogP contribution is 2.31. The third kappa shape index (κ3) is 4.70. The Morgan fingerprint density at radius 1 is 1.10 bits per heavy atom. The number of benzene rings is 3. The lowest BCUT2D eigenvalue weighted by Crippen LogP contribution is -2.42. The van der Waals surface area contributed by atoms with E-state index in [4.69, 9.17) is 9.47 Å². The summed E-state index contributed by atoms with van der Waals surface area (Å²) in [6.07, 6.45) is -0.421. The summed E-state index contributed by atoms with van der Waals surface area (Å²) in [5.41, 5.74) is 0.642. The molecule has 0 bridgehead atoms. The van der Waals surface area contributed by atoms with Gasteiger partial charge in [0.15, 0.2) is 0 Å². The van der Waals surface area contributed by atoms with Gasteiger partial charge in [-0.05, 0) is 35.9 Å². The molecule has 0 saturated carbocycles. The molecule has 0 N–H and O–H groups in total. The number of nitrogens with zero attached hydrogens (tertiary/aromatic N) is 2. The Hall–Kier alpha value is -3.78. The molecule has 3 aromatic rings. The average molecular weight is 422 g/mol. The van der Waals surface area contributed by atoms with Crippen molar-refractivity contribution in [2.45, 2.75) is 6.10 Å². The fourth-order valence-electron chi connectivity index (χ4n) is 3.39. The fourth-order valence-corrected chi connectivity index (χ4v) is 3.39. The molecule has 1 saturated heterocycles. The predicted molar refractivity (Wildman–Crippen MR) is 111 cm³/mol. The van der Waals surface area contributed by atoms with Crippen LogP contribution in [0.3, 0.4) is 0 Å². The second-order valence-corrected chi connectivity index (χ2v) is 7.01. The van der Waals surface area contributed by atoms with Gasteiger partial charge in [0.2, 0.25) is 0 Å². The number of hydrogen-bond acceptors (Lipinski definition) is 5. The van der Waals surface area contributed by atoms with Gasteiger partial charge in [0.1, 0.15) is 23.4 Å². The van der Waals surface area contributed by atoms with Gasteiger partial charge < -0.3 is 14.4 Å². The Labute approximate surface area is 177 Å². The lowest BCUT2D eigenvalue weighted by atomic mass is 10.1. The zero-order valence-electron chi connectivity index (χ0n) is 16.4. The minimum absolute atomic E-state index is 0.0952. The van der Waals surface area contributed by atoms with Crippen LogP contribution in [0.2, 0.25) is 0 Å². The van der Waals surface area contributed by atoms with Gasteiger partial charge in [-0.1, -0.05) is 30.3 Å². The Morgan fingerprint density at radius 3 is 2.55 bits per heavy atom. The van der Waals surface area contributed by atoms with Gasteiger partial charge in [0.25, 0.3) is 11.6 Å². The summed E-state index contributed by atoms with van der Waals surface area (Å²) in [7, 11) is 0. The van der Waals surface area contributed by atoms with Crippen LogP contribution in [-0.2, 0) is 4.74 Å². The average Bonchev–Trinajstić information content (AvgIpc) is 2.80. The Kier molecular flexibility index (Phi) is 5.90. The van der Waals surface area contributed by atoms with Crippen molar-refractivity contribution < 1.29 is 23.6 Å². The number of morpholine rings is 1. The first-order valence-electron chi connectivity index (χ1n) is 9.69. The molecule has 1 atom stereocenters. The summed E-state index contributed by atoms with van der Waals surface area (Å²) in [6.45, 7) is 0.847. The van der Waals surface area contributed by atoms with Gasteiger partial charge in [-0.15, -0.1) is 0 Å². The Balaban J connectivity index is 1.62. The van der Waals surface area contributed by atoms with Crippen LogP contribution < -0.4 is 4.74 Å². The number of nitro benzene ring substituents is 1. The van der Waals surface area contributed by atoms with E-state index in [1.165, 1.54) is 30.3 Å². The maximum Gasteiger partial charge on any atom is 0.270 e. The lowest BCUT2D eigenvalue weighted by molar-refractivity contribution is -0.384. The summed E-state index contributed by atoms with van der Waals surface area (Å²) in [4.78, 5) is 25.6. The van der Waals surface area contributed by atoms with E-state index in [1.54, 1.807) is 41.3 Å². The molecule has 1 aliphatic heterocycles. The minimum Gasteiger partial charge on any atom is -0.457 e. The van der Waals surface area contributed by atoms with Gasteiger partial charge in [0, 0.05) is 18.7 Å². The summed E-state index contributed by atoms with van der Waals surface area (Å²) >= 11 is 0. The predicted octanol–water partition coefficient (Wildman–Crippen LogP) is 4.74. The first kappa shape index (κ1) is 20.5. The zero-order chi connectivity index (χ0) is 21.8. The van der Waals surface area contributed by atoms with Crippen molar-refractivity contribution in [2.75, 3.05) is 19.7 Å². The summed E-state index contributed by atoms with van der Waals surface area (Å²) in [5.74, 6) is -0.0139. The molecular weight excluding hydrogens is 403 g/mol. The monoisotopic (exact) mass is 422 g/mol. The maximum atomic E-state index is 13.3. The molecule has 0 spiro atoms. The van der Waals surface area contributed by atoms with E-state index in [0.29, 0.717) is 12.3 Å². The molecule has 1 fully saturated rings. The van der Waals surface area contributed by atoms with E-state index in [2.05, 4.69) is 0 Å². The first-order valence-corrected chi connectivity index (χ1v) is 9.69. The third-order valence-corrected chi connectivity index (χ3v) is 4.97. The van der Waals surface area contributed by atoms with Crippen LogP contribution in [-0.4, -0.2) is 35.4 Å². The lowest BCUT2D eigenvalue weighted by Gasteiger charge is -2.33. The van der Waals surface area contributed by atoms with Gasteiger partial charge in [-0.3, -0.25) is 14.9 Å². The van der Waals surface area contributed by atoms with E-state index in [1.807, 2.05) is 6.07 Å². The Morgan fingerprint density at radius 2 is 1.84 bits per heavy atom. The molecule has 3 aromatic carbocycles. The number of nitro groups is 1. The van der Waals surface area contributed by atoms with Crippen LogP contribution in [0.1, 0.15) is 22.0 Å². The van der Waals surface area contributed by atoms with Crippen molar-refractivity contribution in [3.8, 4) is 11.5 Å². The molecule has 0 radical (unpaired) electrons. The van der Waals surface area contributed by atoms with Crippen LogP contribution in [0.4, 0.5) is 10.1 Å². The summed E-state index contributed by atoms with van der Waals surface area (Å²) in [5, 5.41) is 11.3. The highest BCUT2D eigenvalue weighted by molar-refractivity contribution is 5.97. The number of non-ortho nitro benzene ring substituents is 1. The van der Waals surface area contributed by atoms with Crippen molar-refractivity contribution in [1.29, 1.82) is 0 Å². The molecule has 0 aliphatic carbocycles. The van der Waals surface area contributed by atoms with Crippen molar-refractivity contribution in [3.63, 3.8) is 0 Å². The van der Waals surface area contributed by atoms with Crippen LogP contribution in [0.25, 0.3) is 0 Å². The molecular formula is C23H19FN2O5. The Bertz CT molecular complexity index is 1090. The first-order chi connectivity index (χ1) is 15.0. The second-order valence-electron chi connectivity index (χ2n) is 7.01. The number of amides is 1. The highest BCUT2D eigenvalue weighted by Gasteiger charge is 2.29. The molecule has 1 aliphatic rings. The number of rotatable bonds is 5. The van der Waals surface area contributed by atoms with E-state index in [-0.39, 0.29) is 36.0 Å². The smallest absolute Gasteiger partial charge is 0.270 e. The molecule has 1 amide bonds. The largest absolute Gasteiger partial charge is 0.457 e. The van der Waals surface area contributed by atoms with E-state index >= 15 is 0 Å². The molecule has 1 unspecified atom stereocenters. The van der Waals surface area contributed by atoms with Gasteiger partial charge in [0.05, 0.1) is 23.6 Å². The van der Waals surface area contributed by atoms with Crippen LogP contribution in [0, 0.1) is 15.9 Å². The molecule has 7 nitrogen and oxygen atoms in total. The normalized spacial score (nSPS) is 16.0. The topological polar surface area (TPSA) is 81.9 Å². The molecule has 158 valence electrons. The number of para-hydroxylation sites is 1. The van der Waals surface area contributed by atoms with Crippen molar-refractivity contribution in [1.82, 2.24) is 4.90 Å². The molecule has 4 rings (SSSR count). The van der Waals surface area contributed by atoms with Crippen molar-refractivity contribution in [3.05, 3.63) is 99.9 Å². The summed E-state index contributed by atoms with van der Waals surface area (Å²) in [6, 6.07) is 18.7. The SMILES string of the molecule is O=C(c1cc([N+](=O)[O-])ccc1Oc1ccccc1)N1CCOC(c2ccc(F)cc2)C1. The number of carbonyl (C=O) groups is 1. The quantitative estimate of drug-likeness (QED) is 0.438. The molecule has 1 heterocycles. The third-order valence-electron chi connectivity index (χ3n) is 4.97. The van der Waals surface area contributed by atoms with E-state index in [9.17, 15) is 19.3 Å². The number of hydrogen-bond donors (Lipinski definition) is 0.